The molecule has 3 aromatic rings. The minimum Gasteiger partial charge on any atom is -0.397 e. The molecule has 0 amide bonds. The Hall–Kier alpha value is -3.14. The molecule has 4 nitrogen and oxygen atoms in total. The quantitative estimate of drug-likeness (QED) is 0.261. The fourth-order valence-electron chi connectivity index (χ4n) is 4.61. The van der Waals surface area contributed by atoms with Gasteiger partial charge in [0.1, 0.15) is 0 Å². The predicted octanol–water partition coefficient (Wildman–Crippen LogP) is 9.53. The van der Waals surface area contributed by atoms with Gasteiger partial charge < -0.3 is 22.1 Å². The van der Waals surface area contributed by atoms with Crippen molar-refractivity contribution in [2.75, 3.05) is 22.1 Å². The third kappa shape index (κ3) is 6.46. The van der Waals surface area contributed by atoms with Crippen LogP contribution in [0.3, 0.4) is 0 Å². The number of rotatable bonds is 4. The van der Waals surface area contributed by atoms with E-state index in [1.807, 2.05) is 12.1 Å². The number of benzene rings is 3. The zero-order chi connectivity index (χ0) is 28.8. The van der Waals surface area contributed by atoms with Gasteiger partial charge in [-0.2, -0.15) is 0 Å². The maximum absolute atomic E-state index is 6.79. The Labute approximate surface area is 231 Å². The lowest BCUT2D eigenvalue weighted by atomic mass is 9.79. The molecular formula is C34H50N4. The summed E-state index contributed by atoms with van der Waals surface area (Å²) in [5, 5.41) is 7.33. The molecule has 0 aromatic heterocycles. The average Bonchev–Trinajstić information content (AvgIpc) is 2.74. The second-order valence-corrected chi connectivity index (χ2v) is 14.8. The molecule has 0 radical (unpaired) electrons. The van der Waals surface area contributed by atoms with Gasteiger partial charge in [-0.15, -0.1) is 0 Å². The van der Waals surface area contributed by atoms with Crippen molar-refractivity contribution in [2.24, 2.45) is 0 Å². The van der Waals surface area contributed by atoms with Gasteiger partial charge in [0.15, 0.2) is 0 Å². The molecule has 0 fully saturated rings. The first kappa shape index (κ1) is 29.4. The van der Waals surface area contributed by atoms with Crippen molar-refractivity contribution in [3.63, 3.8) is 0 Å². The van der Waals surface area contributed by atoms with Crippen LogP contribution < -0.4 is 22.1 Å². The second kappa shape index (κ2) is 9.87. The summed E-state index contributed by atoms with van der Waals surface area (Å²) in [5.41, 5.74) is 23.5. The molecule has 0 heterocycles. The first-order valence-electron chi connectivity index (χ1n) is 13.7. The number of nitrogen functional groups attached to an aromatic ring is 2. The van der Waals surface area contributed by atoms with Crippen LogP contribution in [0.25, 0.3) is 0 Å². The van der Waals surface area contributed by atoms with E-state index in [1.165, 1.54) is 11.1 Å². The Morgan fingerprint density at radius 2 is 0.763 bits per heavy atom. The molecule has 4 heteroatoms. The minimum absolute atomic E-state index is 0.00684. The van der Waals surface area contributed by atoms with Gasteiger partial charge in [-0.1, -0.05) is 107 Å². The Balaban J connectivity index is 2.14. The molecule has 38 heavy (non-hydrogen) atoms. The van der Waals surface area contributed by atoms with Gasteiger partial charge >= 0.3 is 0 Å². The number of anilines is 6. The standard InChI is InChI=1S/C34H50N4/c1-31(2,3)21-17-23(33(7,8)9)29(35)27(19-21)37-25-15-13-14-16-26(25)38-28-20-22(32(4,5)6)18-24(30(28)36)34(10,11)12/h13-20,37-38H,35-36H2,1-12H3. The lowest BCUT2D eigenvalue weighted by Gasteiger charge is -2.29. The molecule has 0 unspecified atom stereocenters. The van der Waals surface area contributed by atoms with E-state index in [-0.39, 0.29) is 21.7 Å². The lowest BCUT2D eigenvalue weighted by molar-refractivity contribution is 0.570. The molecular weight excluding hydrogens is 464 g/mol. The summed E-state index contributed by atoms with van der Waals surface area (Å²) in [6.07, 6.45) is 0. The zero-order valence-corrected chi connectivity index (χ0v) is 25.8. The van der Waals surface area contributed by atoms with Crippen molar-refractivity contribution < 1.29 is 0 Å². The summed E-state index contributed by atoms with van der Waals surface area (Å²) >= 11 is 0. The average molecular weight is 515 g/mol. The van der Waals surface area contributed by atoms with Gasteiger partial charge in [0.25, 0.3) is 0 Å². The summed E-state index contributed by atoms with van der Waals surface area (Å²) < 4.78 is 0. The molecule has 206 valence electrons. The van der Waals surface area contributed by atoms with Gasteiger partial charge in [-0.3, -0.25) is 0 Å². The second-order valence-electron chi connectivity index (χ2n) is 14.8. The van der Waals surface area contributed by atoms with Gasteiger partial charge in [-0.25, -0.2) is 0 Å². The molecule has 0 saturated heterocycles. The first-order chi connectivity index (χ1) is 17.2. The summed E-state index contributed by atoms with van der Waals surface area (Å²) in [7, 11) is 0. The predicted molar refractivity (Wildman–Crippen MR) is 170 cm³/mol. The van der Waals surface area contributed by atoms with E-state index in [2.05, 4.69) is 130 Å². The SMILES string of the molecule is CC(C)(C)c1cc(Nc2ccccc2Nc2cc(C(C)(C)C)cc(C(C)(C)C)c2N)c(N)c(C(C)(C)C)c1. The first-order valence-corrected chi connectivity index (χ1v) is 13.7. The molecule has 0 atom stereocenters. The summed E-state index contributed by atoms with van der Waals surface area (Å²) in [6, 6.07) is 17.1. The highest BCUT2D eigenvalue weighted by Gasteiger charge is 2.26. The van der Waals surface area contributed by atoms with Crippen LogP contribution in [0.1, 0.15) is 105 Å². The Morgan fingerprint density at radius 1 is 0.447 bits per heavy atom. The van der Waals surface area contributed by atoms with Crippen molar-refractivity contribution in [2.45, 2.75) is 105 Å². The molecule has 0 aliphatic heterocycles. The van der Waals surface area contributed by atoms with Crippen LogP contribution in [0.5, 0.6) is 0 Å². The number of nitrogens with one attached hydrogen (secondary N) is 2. The molecule has 0 aliphatic rings. The van der Waals surface area contributed by atoms with Crippen LogP contribution in [-0.4, -0.2) is 0 Å². The molecule has 6 N–H and O–H groups in total. The Kier molecular flexibility index (Phi) is 7.64. The molecule has 0 bridgehead atoms. The van der Waals surface area contributed by atoms with Crippen molar-refractivity contribution in [1.82, 2.24) is 0 Å². The van der Waals surface area contributed by atoms with E-state index in [0.29, 0.717) is 0 Å². The maximum Gasteiger partial charge on any atom is 0.0624 e. The van der Waals surface area contributed by atoms with E-state index in [9.17, 15) is 0 Å². The minimum atomic E-state index is -0.0786. The van der Waals surface area contributed by atoms with Gasteiger partial charge in [0.2, 0.25) is 0 Å². The summed E-state index contributed by atoms with van der Waals surface area (Å²) in [5.74, 6) is 0. The fourth-order valence-corrected chi connectivity index (χ4v) is 4.61. The monoisotopic (exact) mass is 514 g/mol. The highest BCUT2D eigenvalue weighted by molar-refractivity contribution is 5.86. The van der Waals surface area contributed by atoms with E-state index in [1.54, 1.807) is 0 Å². The smallest absolute Gasteiger partial charge is 0.0624 e. The number of para-hydroxylation sites is 2. The molecule has 3 aromatic carbocycles. The third-order valence-corrected chi connectivity index (χ3v) is 7.17. The third-order valence-electron chi connectivity index (χ3n) is 7.17. The van der Waals surface area contributed by atoms with Gasteiger partial charge in [-0.05, 0) is 68.2 Å². The van der Waals surface area contributed by atoms with Crippen LogP contribution >= 0.6 is 0 Å². The molecule has 3 rings (SSSR count). The fraction of sp³-hybridized carbons (Fsp3) is 0.471. The Bertz CT molecular complexity index is 1200. The van der Waals surface area contributed by atoms with Crippen molar-refractivity contribution >= 4 is 34.1 Å². The normalized spacial score (nSPS) is 12.9. The van der Waals surface area contributed by atoms with E-state index < -0.39 is 0 Å². The van der Waals surface area contributed by atoms with E-state index in [0.717, 1.165) is 45.3 Å². The number of hydrogen-bond acceptors (Lipinski definition) is 4. The van der Waals surface area contributed by atoms with Crippen molar-refractivity contribution in [3.8, 4) is 0 Å². The van der Waals surface area contributed by atoms with Crippen molar-refractivity contribution in [3.05, 3.63) is 70.8 Å². The van der Waals surface area contributed by atoms with Crippen LogP contribution in [-0.2, 0) is 21.7 Å². The molecule has 0 saturated carbocycles. The maximum atomic E-state index is 6.79. The summed E-state index contributed by atoms with van der Waals surface area (Å²) in [6.45, 7) is 26.7. The number of hydrogen-bond donors (Lipinski definition) is 4. The van der Waals surface area contributed by atoms with Crippen LogP contribution in [0.15, 0.2) is 48.5 Å². The highest BCUT2D eigenvalue weighted by atomic mass is 15.0. The number of nitrogens with two attached hydrogens (primary N) is 2. The van der Waals surface area contributed by atoms with Crippen LogP contribution in [0.2, 0.25) is 0 Å². The van der Waals surface area contributed by atoms with Gasteiger partial charge in [0.05, 0.1) is 34.1 Å². The summed E-state index contributed by atoms with van der Waals surface area (Å²) in [4.78, 5) is 0. The molecule has 0 spiro atoms. The van der Waals surface area contributed by atoms with Crippen LogP contribution in [0.4, 0.5) is 34.1 Å². The zero-order valence-electron chi connectivity index (χ0n) is 25.8. The largest absolute Gasteiger partial charge is 0.397 e. The van der Waals surface area contributed by atoms with Crippen LogP contribution in [0, 0.1) is 0 Å². The van der Waals surface area contributed by atoms with E-state index >= 15 is 0 Å². The highest BCUT2D eigenvalue weighted by Crippen LogP contribution is 2.42. The Morgan fingerprint density at radius 3 is 1.03 bits per heavy atom. The lowest BCUT2D eigenvalue weighted by Crippen LogP contribution is -2.19. The van der Waals surface area contributed by atoms with Gasteiger partial charge in [0, 0.05) is 0 Å². The topological polar surface area (TPSA) is 76.1 Å². The van der Waals surface area contributed by atoms with E-state index in [4.69, 9.17) is 11.5 Å². The van der Waals surface area contributed by atoms with Crippen molar-refractivity contribution in [1.29, 1.82) is 0 Å². The molecule has 0 aliphatic carbocycles.